The van der Waals surface area contributed by atoms with E-state index < -0.39 is 22.4 Å². The Balaban J connectivity index is 2.00. The van der Waals surface area contributed by atoms with E-state index in [1.54, 1.807) is 29.2 Å². The molecular weight excluding hydrogens is 343 g/mol. The lowest BCUT2D eigenvalue weighted by Crippen LogP contribution is -2.42. The molecule has 2 aromatic carbocycles. The number of rotatable bonds is 5. The molecule has 0 N–H and O–H groups in total. The SMILES string of the molecule is O=C(CN(c1ccccc1F)S(=O)(=O)c1ccccc1)N1CCCC1. The zero-order valence-electron chi connectivity index (χ0n) is 13.6. The normalized spacial score (nSPS) is 14.5. The van der Waals surface area contributed by atoms with Crippen LogP contribution in [0.3, 0.4) is 0 Å². The predicted molar refractivity (Wildman–Crippen MR) is 93.2 cm³/mol. The number of carbonyl (C=O) groups is 1. The maximum absolute atomic E-state index is 14.3. The first-order valence-corrected chi connectivity index (χ1v) is 9.54. The van der Waals surface area contributed by atoms with Crippen molar-refractivity contribution in [3.8, 4) is 0 Å². The molecule has 0 spiro atoms. The highest BCUT2D eigenvalue weighted by molar-refractivity contribution is 7.92. The third-order valence-corrected chi connectivity index (χ3v) is 5.96. The van der Waals surface area contributed by atoms with Crippen molar-refractivity contribution in [2.75, 3.05) is 23.9 Å². The molecule has 1 fully saturated rings. The van der Waals surface area contributed by atoms with Crippen LogP contribution in [-0.4, -0.2) is 38.9 Å². The minimum atomic E-state index is -4.06. The van der Waals surface area contributed by atoms with E-state index in [0.717, 1.165) is 17.1 Å². The van der Waals surface area contributed by atoms with E-state index in [0.29, 0.717) is 13.1 Å². The van der Waals surface area contributed by atoms with Crippen LogP contribution in [0.2, 0.25) is 0 Å². The van der Waals surface area contributed by atoms with Gasteiger partial charge in [-0.3, -0.25) is 9.10 Å². The van der Waals surface area contributed by atoms with Crippen LogP contribution in [0.15, 0.2) is 59.5 Å². The minimum absolute atomic E-state index is 0.0208. The van der Waals surface area contributed by atoms with Gasteiger partial charge in [-0.05, 0) is 37.1 Å². The number of para-hydroxylation sites is 1. The maximum Gasteiger partial charge on any atom is 0.264 e. The highest BCUT2D eigenvalue weighted by Crippen LogP contribution is 2.26. The van der Waals surface area contributed by atoms with E-state index in [-0.39, 0.29) is 16.5 Å². The van der Waals surface area contributed by atoms with E-state index in [2.05, 4.69) is 0 Å². The zero-order chi connectivity index (χ0) is 17.9. The second kappa shape index (κ2) is 7.23. The molecule has 0 aliphatic carbocycles. The highest BCUT2D eigenvalue weighted by Gasteiger charge is 2.31. The Morgan fingerprint density at radius 2 is 1.60 bits per heavy atom. The van der Waals surface area contributed by atoms with Crippen molar-refractivity contribution in [1.29, 1.82) is 0 Å². The number of benzene rings is 2. The Morgan fingerprint density at radius 1 is 1.00 bits per heavy atom. The van der Waals surface area contributed by atoms with Crippen LogP contribution in [0.5, 0.6) is 0 Å². The molecule has 25 heavy (non-hydrogen) atoms. The number of likely N-dealkylation sites (tertiary alicyclic amines) is 1. The molecule has 0 aromatic heterocycles. The number of carbonyl (C=O) groups excluding carboxylic acids is 1. The summed E-state index contributed by atoms with van der Waals surface area (Å²) in [6, 6.07) is 13.3. The molecule has 7 heteroatoms. The fourth-order valence-electron chi connectivity index (χ4n) is 2.86. The van der Waals surface area contributed by atoms with Crippen LogP contribution in [0.4, 0.5) is 10.1 Å². The Labute approximate surface area is 146 Å². The third-order valence-electron chi connectivity index (χ3n) is 4.19. The van der Waals surface area contributed by atoms with Crippen molar-refractivity contribution in [2.24, 2.45) is 0 Å². The van der Waals surface area contributed by atoms with Gasteiger partial charge >= 0.3 is 0 Å². The molecule has 0 radical (unpaired) electrons. The van der Waals surface area contributed by atoms with Gasteiger partial charge in [-0.15, -0.1) is 0 Å². The molecule has 1 amide bonds. The molecule has 0 saturated carbocycles. The fraction of sp³-hybridized carbons (Fsp3) is 0.278. The van der Waals surface area contributed by atoms with Crippen molar-refractivity contribution >= 4 is 21.6 Å². The minimum Gasteiger partial charge on any atom is -0.341 e. The third kappa shape index (κ3) is 3.66. The van der Waals surface area contributed by atoms with E-state index in [9.17, 15) is 17.6 Å². The molecule has 1 aliphatic rings. The summed E-state index contributed by atoms with van der Waals surface area (Å²) >= 11 is 0. The van der Waals surface area contributed by atoms with Crippen LogP contribution >= 0.6 is 0 Å². The van der Waals surface area contributed by atoms with Gasteiger partial charge < -0.3 is 4.90 Å². The average Bonchev–Trinajstić information content (AvgIpc) is 3.16. The number of halogens is 1. The molecule has 1 saturated heterocycles. The molecule has 5 nitrogen and oxygen atoms in total. The van der Waals surface area contributed by atoms with Crippen LogP contribution in [0.25, 0.3) is 0 Å². The van der Waals surface area contributed by atoms with Gasteiger partial charge in [0.15, 0.2) is 0 Å². The number of anilines is 1. The molecular formula is C18H19FN2O3S. The van der Waals surface area contributed by atoms with Crippen molar-refractivity contribution < 1.29 is 17.6 Å². The lowest BCUT2D eigenvalue weighted by atomic mass is 10.3. The number of sulfonamides is 1. The molecule has 0 bridgehead atoms. The van der Waals surface area contributed by atoms with Gasteiger partial charge in [0.25, 0.3) is 10.0 Å². The van der Waals surface area contributed by atoms with Gasteiger partial charge in [0.2, 0.25) is 5.91 Å². The van der Waals surface area contributed by atoms with E-state index >= 15 is 0 Å². The van der Waals surface area contributed by atoms with Gasteiger partial charge in [0.05, 0.1) is 10.6 Å². The second-order valence-electron chi connectivity index (χ2n) is 5.86. The van der Waals surface area contributed by atoms with Gasteiger partial charge in [-0.1, -0.05) is 30.3 Å². The number of hydrogen-bond donors (Lipinski definition) is 0. The van der Waals surface area contributed by atoms with Crippen LogP contribution in [0, 0.1) is 5.82 Å². The van der Waals surface area contributed by atoms with Crippen molar-refractivity contribution in [3.05, 3.63) is 60.4 Å². The highest BCUT2D eigenvalue weighted by atomic mass is 32.2. The molecule has 2 aromatic rings. The second-order valence-corrected chi connectivity index (χ2v) is 7.73. The number of amides is 1. The van der Waals surface area contributed by atoms with Gasteiger partial charge in [0.1, 0.15) is 12.4 Å². The van der Waals surface area contributed by atoms with Crippen LogP contribution in [-0.2, 0) is 14.8 Å². The summed E-state index contributed by atoms with van der Waals surface area (Å²) in [5, 5.41) is 0. The van der Waals surface area contributed by atoms with Gasteiger partial charge in [-0.25, -0.2) is 12.8 Å². The monoisotopic (exact) mass is 362 g/mol. The summed E-state index contributed by atoms with van der Waals surface area (Å²) < 4.78 is 41.2. The van der Waals surface area contributed by atoms with Crippen LogP contribution in [0.1, 0.15) is 12.8 Å². The summed E-state index contributed by atoms with van der Waals surface area (Å²) in [6.45, 7) is 0.794. The predicted octanol–water partition coefficient (Wildman–Crippen LogP) is 2.64. The Kier molecular flexibility index (Phi) is 5.03. The van der Waals surface area contributed by atoms with E-state index in [1.807, 2.05) is 0 Å². The van der Waals surface area contributed by atoms with Gasteiger partial charge in [-0.2, -0.15) is 0 Å². The lowest BCUT2D eigenvalue weighted by molar-refractivity contribution is -0.128. The lowest BCUT2D eigenvalue weighted by Gasteiger charge is -2.26. The summed E-state index contributed by atoms with van der Waals surface area (Å²) in [5.74, 6) is -1.00. The van der Waals surface area contributed by atoms with E-state index in [1.165, 1.54) is 30.3 Å². The molecule has 132 valence electrons. The number of nitrogens with zero attached hydrogens (tertiary/aromatic N) is 2. The first-order valence-electron chi connectivity index (χ1n) is 8.10. The Hall–Kier alpha value is -2.41. The Morgan fingerprint density at radius 3 is 2.24 bits per heavy atom. The molecule has 1 heterocycles. The molecule has 0 unspecified atom stereocenters. The molecule has 0 atom stereocenters. The van der Waals surface area contributed by atoms with E-state index in [4.69, 9.17) is 0 Å². The smallest absolute Gasteiger partial charge is 0.264 e. The largest absolute Gasteiger partial charge is 0.341 e. The number of hydrogen-bond acceptors (Lipinski definition) is 3. The fourth-order valence-corrected chi connectivity index (χ4v) is 4.31. The van der Waals surface area contributed by atoms with Crippen molar-refractivity contribution in [2.45, 2.75) is 17.7 Å². The standard InChI is InChI=1S/C18H19FN2O3S/c19-16-10-4-5-11-17(16)21(14-18(22)20-12-6-7-13-20)25(23,24)15-8-2-1-3-9-15/h1-5,8-11H,6-7,12-14H2. The summed E-state index contributed by atoms with van der Waals surface area (Å²) in [5.41, 5.74) is -0.126. The molecule has 1 aliphatic heterocycles. The Bertz CT molecular complexity index is 850. The van der Waals surface area contributed by atoms with Gasteiger partial charge in [0, 0.05) is 13.1 Å². The quantitative estimate of drug-likeness (QED) is 0.822. The first kappa shape index (κ1) is 17.4. The maximum atomic E-state index is 14.3. The molecule has 3 rings (SSSR count). The van der Waals surface area contributed by atoms with Crippen LogP contribution < -0.4 is 4.31 Å². The summed E-state index contributed by atoms with van der Waals surface area (Å²) in [7, 11) is -4.06. The summed E-state index contributed by atoms with van der Waals surface area (Å²) in [6.07, 6.45) is 1.80. The first-order chi connectivity index (χ1) is 12.0. The average molecular weight is 362 g/mol. The zero-order valence-corrected chi connectivity index (χ0v) is 14.5. The van der Waals surface area contributed by atoms with Crippen molar-refractivity contribution in [1.82, 2.24) is 4.90 Å². The van der Waals surface area contributed by atoms with Crippen molar-refractivity contribution in [3.63, 3.8) is 0 Å². The summed E-state index contributed by atoms with van der Waals surface area (Å²) in [4.78, 5) is 14.2. The topological polar surface area (TPSA) is 57.7 Å².